The van der Waals surface area contributed by atoms with Crippen LogP contribution < -0.4 is 16.4 Å². The minimum atomic E-state index is -0.0955. The molecule has 0 aliphatic rings. The van der Waals surface area contributed by atoms with Gasteiger partial charge in [-0.3, -0.25) is 4.79 Å². The van der Waals surface area contributed by atoms with Crippen molar-refractivity contribution < 1.29 is 4.79 Å². The second-order valence-electron chi connectivity index (χ2n) is 4.84. The average molecular weight is 283 g/mol. The molecule has 4 N–H and O–H groups in total. The zero-order valence-electron chi connectivity index (χ0n) is 12.4. The van der Waals surface area contributed by atoms with Crippen LogP contribution in [0.2, 0.25) is 0 Å². The maximum absolute atomic E-state index is 11.9. The number of carbonyl (C=O) groups is 1. The number of amides is 1. The Morgan fingerprint density at radius 3 is 2.43 bits per heavy atom. The maximum atomic E-state index is 11.9. The lowest BCUT2D eigenvalue weighted by Gasteiger charge is -2.12. The summed E-state index contributed by atoms with van der Waals surface area (Å²) in [6.07, 6.45) is 1.01. The highest BCUT2D eigenvalue weighted by Gasteiger charge is 2.07. The minimum absolute atomic E-state index is 0.0955. The summed E-state index contributed by atoms with van der Waals surface area (Å²) in [5, 5.41) is 6.04. The molecule has 0 aromatic heterocycles. The van der Waals surface area contributed by atoms with Gasteiger partial charge in [-0.25, -0.2) is 0 Å². The monoisotopic (exact) mass is 283 g/mol. The molecule has 110 valence electrons. The first-order valence-electron chi connectivity index (χ1n) is 7.17. The second-order valence-corrected chi connectivity index (χ2v) is 4.84. The van der Waals surface area contributed by atoms with Gasteiger partial charge in [-0.2, -0.15) is 0 Å². The highest BCUT2D eigenvalue weighted by Crippen LogP contribution is 2.24. The number of rotatable bonds is 5. The van der Waals surface area contributed by atoms with Crippen LogP contribution in [0, 0.1) is 0 Å². The van der Waals surface area contributed by atoms with Crippen molar-refractivity contribution in [3.8, 4) is 0 Å². The fourth-order valence-corrected chi connectivity index (χ4v) is 2.05. The summed E-state index contributed by atoms with van der Waals surface area (Å²) in [6.45, 7) is 4.62. The predicted octanol–water partition coefficient (Wildman–Crippen LogP) is 3.32. The summed E-state index contributed by atoms with van der Waals surface area (Å²) in [4.78, 5) is 11.9. The lowest BCUT2D eigenvalue weighted by molar-refractivity contribution is 0.0956. The van der Waals surface area contributed by atoms with Crippen LogP contribution in [0.3, 0.4) is 0 Å². The maximum Gasteiger partial charge on any atom is 0.251 e. The third kappa shape index (κ3) is 3.75. The van der Waals surface area contributed by atoms with E-state index in [0.717, 1.165) is 17.8 Å². The standard InChI is InChI=1S/C17H21N3O/c1-3-12-5-8-14(9-6-12)20-16-11-13(7-10-15(16)18)17(21)19-4-2/h5-11,20H,3-4,18H2,1-2H3,(H,19,21). The first-order valence-corrected chi connectivity index (χ1v) is 7.17. The molecule has 4 heteroatoms. The van der Waals surface area contributed by atoms with Gasteiger partial charge in [0, 0.05) is 17.8 Å². The molecule has 0 saturated carbocycles. The molecule has 0 aliphatic carbocycles. The van der Waals surface area contributed by atoms with E-state index in [-0.39, 0.29) is 5.91 Å². The van der Waals surface area contributed by atoms with E-state index in [4.69, 9.17) is 5.73 Å². The SMILES string of the molecule is CCNC(=O)c1ccc(N)c(Nc2ccc(CC)cc2)c1. The van der Waals surface area contributed by atoms with Crippen LogP contribution in [-0.2, 0) is 6.42 Å². The highest BCUT2D eigenvalue weighted by atomic mass is 16.1. The van der Waals surface area contributed by atoms with Crippen molar-refractivity contribution in [1.82, 2.24) is 5.32 Å². The van der Waals surface area contributed by atoms with Crippen LogP contribution in [0.4, 0.5) is 17.1 Å². The van der Waals surface area contributed by atoms with Gasteiger partial charge in [-0.05, 0) is 49.2 Å². The van der Waals surface area contributed by atoms with Gasteiger partial charge in [-0.15, -0.1) is 0 Å². The van der Waals surface area contributed by atoms with E-state index in [9.17, 15) is 4.79 Å². The van der Waals surface area contributed by atoms with Crippen LogP contribution in [0.25, 0.3) is 0 Å². The first-order chi connectivity index (χ1) is 10.1. The van der Waals surface area contributed by atoms with Crippen molar-refractivity contribution in [2.75, 3.05) is 17.6 Å². The Morgan fingerprint density at radius 2 is 1.81 bits per heavy atom. The number of nitrogen functional groups attached to an aromatic ring is 1. The normalized spacial score (nSPS) is 10.2. The fourth-order valence-electron chi connectivity index (χ4n) is 2.05. The molecule has 0 fully saturated rings. The molecule has 2 aromatic carbocycles. The van der Waals surface area contributed by atoms with E-state index in [1.54, 1.807) is 18.2 Å². The number of carbonyl (C=O) groups excluding carboxylic acids is 1. The Labute approximate surface area is 125 Å². The van der Waals surface area contributed by atoms with Gasteiger partial charge >= 0.3 is 0 Å². The van der Waals surface area contributed by atoms with Crippen molar-refractivity contribution in [3.05, 3.63) is 53.6 Å². The van der Waals surface area contributed by atoms with Gasteiger partial charge < -0.3 is 16.4 Å². The van der Waals surface area contributed by atoms with Crippen LogP contribution in [0.1, 0.15) is 29.8 Å². The Morgan fingerprint density at radius 1 is 1.10 bits per heavy atom. The molecule has 0 spiro atoms. The fraction of sp³-hybridized carbons (Fsp3) is 0.235. The first kappa shape index (κ1) is 14.9. The largest absolute Gasteiger partial charge is 0.397 e. The minimum Gasteiger partial charge on any atom is -0.397 e. The molecule has 1 amide bonds. The summed E-state index contributed by atoms with van der Waals surface area (Å²) >= 11 is 0. The van der Waals surface area contributed by atoms with Crippen LogP contribution in [0.5, 0.6) is 0 Å². The van der Waals surface area contributed by atoms with E-state index in [2.05, 4.69) is 29.7 Å². The Balaban J connectivity index is 2.21. The van der Waals surface area contributed by atoms with E-state index in [0.29, 0.717) is 17.8 Å². The third-order valence-electron chi connectivity index (χ3n) is 3.29. The molecule has 2 aromatic rings. The molecule has 0 bridgehead atoms. The zero-order chi connectivity index (χ0) is 15.2. The molecule has 21 heavy (non-hydrogen) atoms. The quantitative estimate of drug-likeness (QED) is 0.737. The zero-order valence-corrected chi connectivity index (χ0v) is 12.4. The number of anilines is 3. The van der Waals surface area contributed by atoms with Crippen molar-refractivity contribution in [1.29, 1.82) is 0 Å². The molecule has 0 heterocycles. The van der Waals surface area contributed by atoms with Crippen molar-refractivity contribution in [3.63, 3.8) is 0 Å². The van der Waals surface area contributed by atoms with Gasteiger partial charge in [0.1, 0.15) is 0 Å². The van der Waals surface area contributed by atoms with Crippen LogP contribution >= 0.6 is 0 Å². The van der Waals surface area contributed by atoms with Gasteiger partial charge in [0.05, 0.1) is 11.4 Å². The molecule has 2 rings (SSSR count). The Kier molecular flexibility index (Phi) is 4.82. The van der Waals surface area contributed by atoms with Crippen LogP contribution in [-0.4, -0.2) is 12.5 Å². The van der Waals surface area contributed by atoms with Gasteiger partial charge in [-0.1, -0.05) is 19.1 Å². The average Bonchev–Trinajstić information content (AvgIpc) is 2.50. The summed E-state index contributed by atoms with van der Waals surface area (Å²) in [7, 11) is 0. The smallest absolute Gasteiger partial charge is 0.251 e. The molecule has 4 nitrogen and oxygen atoms in total. The summed E-state index contributed by atoms with van der Waals surface area (Å²) in [6, 6.07) is 13.4. The number of hydrogen-bond donors (Lipinski definition) is 3. The van der Waals surface area contributed by atoms with E-state index < -0.39 is 0 Å². The number of nitrogens with one attached hydrogen (secondary N) is 2. The van der Waals surface area contributed by atoms with Crippen molar-refractivity contribution >= 4 is 23.0 Å². The Hall–Kier alpha value is -2.49. The second kappa shape index (κ2) is 6.79. The summed E-state index contributed by atoms with van der Waals surface area (Å²) in [5.74, 6) is -0.0955. The number of aryl methyl sites for hydroxylation is 1. The number of nitrogens with two attached hydrogens (primary N) is 1. The molecular formula is C17H21N3O. The van der Waals surface area contributed by atoms with Gasteiger partial charge in [0.25, 0.3) is 5.91 Å². The summed E-state index contributed by atoms with van der Waals surface area (Å²) < 4.78 is 0. The molecule has 0 unspecified atom stereocenters. The molecule has 0 atom stereocenters. The third-order valence-corrected chi connectivity index (χ3v) is 3.29. The Bertz CT molecular complexity index is 620. The van der Waals surface area contributed by atoms with Crippen LogP contribution in [0.15, 0.2) is 42.5 Å². The molecule has 0 radical (unpaired) electrons. The summed E-state index contributed by atoms with van der Waals surface area (Å²) in [5.41, 5.74) is 10.2. The topological polar surface area (TPSA) is 67.2 Å². The van der Waals surface area contributed by atoms with Crippen molar-refractivity contribution in [2.24, 2.45) is 0 Å². The van der Waals surface area contributed by atoms with E-state index in [1.165, 1.54) is 5.56 Å². The predicted molar refractivity (Wildman–Crippen MR) is 88.0 cm³/mol. The molecule has 0 saturated heterocycles. The molecule has 0 aliphatic heterocycles. The van der Waals surface area contributed by atoms with Gasteiger partial charge in [0.15, 0.2) is 0 Å². The van der Waals surface area contributed by atoms with E-state index in [1.807, 2.05) is 19.1 Å². The number of hydrogen-bond acceptors (Lipinski definition) is 3. The van der Waals surface area contributed by atoms with E-state index >= 15 is 0 Å². The number of benzene rings is 2. The molecular weight excluding hydrogens is 262 g/mol. The van der Waals surface area contributed by atoms with Gasteiger partial charge in [0.2, 0.25) is 0 Å². The highest BCUT2D eigenvalue weighted by molar-refractivity contribution is 5.96. The van der Waals surface area contributed by atoms with Crippen molar-refractivity contribution in [2.45, 2.75) is 20.3 Å². The lowest BCUT2D eigenvalue weighted by atomic mass is 10.1. The lowest BCUT2D eigenvalue weighted by Crippen LogP contribution is -2.22.